The van der Waals surface area contributed by atoms with Crippen molar-refractivity contribution in [2.75, 3.05) is 7.05 Å². The van der Waals surface area contributed by atoms with Crippen LogP contribution in [-0.2, 0) is 17.8 Å². The van der Waals surface area contributed by atoms with Gasteiger partial charge in [-0.3, -0.25) is 4.79 Å². The summed E-state index contributed by atoms with van der Waals surface area (Å²) in [6.45, 7) is 2.22. The van der Waals surface area contributed by atoms with Gasteiger partial charge in [0, 0.05) is 17.6 Å². The van der Waals surface area contributed by atoms with Crippen LogP contribution in [0.4, 0.5) is 0 Å². The van der Waals surface area contributed by atoms with Crippen LogP contribution in [0.25, 0.3) is 0 Å². The van der Waals surface area contributed by atoms with E-state index in [1.54, 1.807) is 13.1 Å². The second-order valence-electron chi connectivity index (χ2n) is 4.95. The van der Waals surface area contributed by atoms with Gasteiger partial charge in [-0.15, -0.1) is 0 Å². The molecule has 0 radical (unpaired) electrons. The largest absolute Gasteiger partial charge is 0.487 e. The SMILES string of the molecule is CNC(=O)Cc1cccc(Cl)c1COc1ccc(C)cc1Cl. The number of nitrogens with one attached hydrogen (secondary N) is 1. The zero-order chi connectivity index (χ0) is 16.1. The average molecular weight is 338 g/mol. The lowest BCUT2D eigenvalue weighted by atomic mass is 10.0. The molecule has 0 heterocycles. The highest BCUT2D eigenvalue weighted by molar-refractivity contribution is 6.32. The molecule has 1 amide bonds. The van der Waals surface area contributed by atoms with E-state index in [0.29, 0.717) is 15.8 Å². The topological polar surface area (TPSA) is 38.3 Å². The van der Waals surface area contributed by atoms with Crippen molar-refractivity contribution in [3.63, 3.8) is 0 Å². The van der Waals surface area contributed by atoms with Gasteiger partial charge in [-0.2, -0.15) is 0 Å². The predicted octanol–water partition coefficient (Wildman–Crippen LogP) is 4.17. The first-order valence-electron chi connectivity index (χ1n) is 6.87. The van der Waals surface area contributed by atoms with E-state index in [1.165, 1.54) is 0 Å². The van der Waals surface area contributed by atoms with Gasteiger partial charge >= 0.3 is 0 Å². The first-order chi connectivity index (χ1) is 10.5. The van der Waals surface area contributed by atoms with Crippen LogP contribution in [0.1, 0.15) is 16.7 Å². The first-order valence-corrected chi connectivity index (χ1v) is 7.62. The molecule has 22 heavy (non-hydrogen) atoms. The normalized spacial score (nSPS) is 10.4. The lowest BCUT2D eigenvalue weighted by Gasteiger charge is -2.13. The third-order valence-electron chi connectivity index (χ3n) is 3.31. The maximum Gasteiger partial charge on any atom is 0.224 e. The smallest absolute Gasteiger partial charge is 0.224 e. The molecule has 0 spiro atoms. The van der Waals surface area contributed by atoms with Gasteiger partial charge in [-0.05, 0) is 36.2 Å². The lowest BCUT2D eigenvalue weighted by Crippen LogP contribution is -2.21. The Morgan fingerprint density at radius 3 is 2.64 bits per heavy atom. The molecule has 116 valence electrons. The summed E-state index contributed by atoms with van der Waals surface area (Å²) in [6.07, 6.45) is 0.261. The number of likely N-dealkylation sites (N-methyl/N-ethyl adjacent to an activating group) is 1. The number of hydrogen-bond acceptors (Lipinski definition) is 2. The molecule has 0 fully saturated rings. The molecule has 0 atom stereocenters. The van der Waals surface area contributed by atoms with Crippen LogP contribution in [-0.4, -0.2) is 13.0 Å². The molecule has 1 N–H and O–H groups in total. The van der Waals surface area contributed by atoms with Crippen molar-refractivity contribution in [1.29, 1.82) is 0 Å². The van der Waals surface area contributed by atoms with Crippen molar-refractivity contribution in [3.05, 3.63) is 63.1 Å². The summed E-state index contributed by atoms with van der Waals surface area (Å²) < 4.78 is 5.77. The Morgan fingerprint density at radius 2 is 1.95 bits per heavy atom. The van der Waals surface area contributed by atoms with E-state index < -0.39 is 0 Å². The number of carbonyl (C=O) groups excluding carboxylic acids is 1. The summed E-state index contributed by atoms with van der Waals surface area (Å²) in [4.78, 5) is 11.6. The van der Waals surface area contributed by atoms with Crippen LogP contribution in [0.3, 0.4) is 0 Å². The quantitative estimate of drug-likeness (QED) is 0.889. The fourth-order valence-electron chi connectivity index (χ4n) is 2.06. The van der Waals surface area contributed by atoms with Gasteiger partial charge in [0.2, 0.25) is 5.91 Å². The van der Waals surface area contributed by atoms with Crippen molar-refractivity contribution in [2.24, 2.45) is 0 Å². The summed E-state index contributed by atoms with van der Waals surface area (Å²) in [5.41, 5.74) is 2.70. The zero-order valence-electron chi connectivity index (χ0n) is 12.5. The maximum absolute atomic E-state index is 11.6. The Kier molecular flexibility index (Phi) is 5.69. The number of halogens is 2. The van der Waals surface area contributed by atoms with E-state index in [-0.39, 0.29) is 18.9 Å². The third kappa shape index (κ3) is 4.15. The number of hydrogen-bond donors (Lipinski definition) is 1. The number of carbonyl (C=O) groups is 1. The molecule has 2 aromatic rings. The molecular weight excluding hydrogens is 321 g/mol. The molecule has 0 saturated carbocycles. The van der Waals surface area contributed by atoms with Gasteiger partial charge in [0.15, 0.2) is 0 Å². The molecule has 3 nitrogen and oxygen atoms in total. The molecule has 2 rings (SSSR count). The third-order valence-corrected chi connectivity index (χ3v) is 3.95. The molecule has 5 heteroatoms. The molecule has 0 aliphatic carbocycles. The lowest BCUT2D eigenvalue weighted by molar-refractivity contribution is -0.119. The van der Waals surface area contributed by atoms with Crippen LogP contribution in [0, 0.1) is 6.92 Å². The minimum absolute atomic E-state index is 0.0723. The highest BCUT2D eigenvalue weighted by atomic mass is 35.5. The van der Waals surface area contributed by atoms with E-state index in [2.05, 4.69) is 5.32 Å². The van der Waals surface area contributed by atoms with Crippen molar-refractivity contribution >= 4 is 29.1 Å². The summed E-state index contributed by atoms with van der Waals surface area (Å²) in [5.74, 6) is 0.523. The minimum atomic E-state index is -0.0723. The van der Waals surface area contributed by atoms with Crippen molar-refractivity contribution in [1.82, 2.24) is 5.32 Å². The number of rotatable bonds is 5. The van der Waals surface area contributed by atoms with Crippen molar-refractivity contribution in [2.45, 2.75) is 20.0 Å². The van der Waals surface area contributed by atoms with Crippen LogP contribution in [0.15, 0.2) is 36.4 Å². The van der Waals surface area contributed by atoms with E-state index >= 15 is 0 Å². The fourth-order valence-corrected chi connectivity index (χ4v) is 2.60. The Labute approximate surface area is 140 Å². The highest BCUT2D eigenvalue weighted by Crippen LogP contribution is 2.28. The van der Waals surface area contributed by atoms with Crippen LogP contribution < -0.4 is 10.1 Å². The molecule has 0 aromatic heterocycles. The Balaban J connectivity index is 2.19. The second-order valence-corrected chi connectivity index (χ2v) is 5.76. The second kappa shape index (κ2) is 7.52. The highest BCUT2D eigenvalue weighted by Gasteiger charge is 2.12. The number of benzene rings is 2. The van der Waals surface area contributed by atoms with Gasteiger partial charge < -0.3 is 10.1 Å². The summed E-state index contributed by atoms with van der Waals surface area (Å²) in [5, 5.41) is 3.73. The average Bonchev–Trinajstić information content (AvgIpc) is 2.48. The standard InChI is InChI=1S/C17H17Cl2NO2/c1-11-6-7-16(15(19)8-11)22-10-13-12(9-17(21)20-2)4-3-5-14(13)18/h3-8H,9-10H2,1-2H3,(H,20,21). The minimum Gasteiger partial charge on any atom is -0.487 e. The van der Waals surface area contributed by atoms with E-state index in [4.69, 9.17) is 27.9 Å². The molecule has 0 aliphatic rings. The zero-order valence-corrected chi connectivity index (χ0v) is 14.0. The molecule has 0 bridgehead atoms. The summed E-state index contributed by atoms with van der Waals surface area (Å²) in [6, 6.07) is 11.1. The van der Waals surface area contributed by atoms with Gasteiger partial charge in [0.05, 0.1) is 11.4 Å². The molecular formula is C17H17Cl2NO2. The Bertz CT molecular complexity index is 686. The van der Waals surface area contributed by atoms with Gasteiger partial charge in [0.1, 0.15) is 12.4 Å². The molecule has 0 aliphatic heterocycles. The molecule has 0 unspecified atom stereocenters. The molecule has 0 saturated heterocycles. The summed E-state index contributed by atoms with van der Waals surface area (Å²) in [7, 11) is 1.61. The molecule has 2 aromatic carbocycles. The Hall–Kier alpha value is -1.71. The number of aryl methyl sites for hydroxylation is 1. The van der Waals surface area contributed by atoms with Crippen LogP contribution in [0.2, 0.25) is 10.0 Å². The van der Waals surface area contributed by atoms with Gasteiger partial charge in [-0.25, -0.2) is 0 Å². The number of amides is 1. The summed E-state index contributed by atoms with van der Waals surface area (Å²) >= 11 is 12.4. The van der Waals surface area contributed by atoms with E-state index in [1.807, 2.05) is 37.3 Å². The monoisotopic (exact) mass is 337 g/mol. The van der Waals surface area contributed by atoms with Crippen LogP contribution in [0.5, 0.6) is 5.75 Å². The van der Waals surface area contributed by atoms with Gasteiger partial charge in [0.25, 0.3) is 0 Å². The van der Waals surface area contributed by atoms with E-state index in [0.717, 1.165) is 16.7 Å². The fraction of sp³-hybridized carbons (Fsp3) is 0.235. The number of ether oxygens (including phenoxy) is 1. The maximum atomic E-state index is 11.6. The Morgan fingerprint density at radius 1 is 1.18 bits per heavy atom. The van der Waals surface area contributed by atoms with E-state index in [9.17, 15) is 4.79 Å². The van der Waals surface area contributed by atoms with Crippen LogP contribution >= 0.6 is 23.2 Å². The first kappa shape index (κ1) is 16.7. The van der Waals surface area contributed by atoms with Crippen molar-refractivity contribution in [3.8, 4) is 5.75 Å². The van der Waals surface area contributed by atoms with Gasteiger partial charge in [-0.1, -0.05) is 41.4 Å². The van der Waals surface area contributed by atoms with Crippen molar-refractivity contribution < 1.29 is 9.53 Å². The predicted molar refractivity (Wildman–Crippen MR) is 89.7 cm³/mol.